The molecule has 0 aromatic heterocycles. The van der Waals surface area contributed by atoms with Gasteiger partial charge in [-0.3, -0.25) is 0 Å². The van der Waals surface area contributed by atoms with Crippen molar-refractivity contribution < 1.29 is 18.3 Å². The monoisotopic (exact) mass is 350 g/mol. The number of hydrogen-bond acceptors (Lipinski definition) is 4. The van der Waals surface area contributed by atoms with Crippen molar-refractivity contribution in [3.63, 3.8) is 0 Å². The van der Waals surface area contributed by atoms with Crippen LogP contribution in [0.1, 0.15) is 31.9 Å². The Morgan fingerprint density at radius 3 is 2.63 bits per heavy atom. The Balaban J connectivity index is 2.70. The summed E-state index contributed by atoms with van der Waals surface area (Å²) in [7, 11) is -3.04. The zero-order valence-electron chi connectivity index (χ0n) is 11.1. The lowest BCUT2D eigenvalue weighted by Gasteiger charge is -2.14. The minimum absolute atomic E-state index is 0.00734. The predicted octanol–water partition coefficient (Wildman–Crippen LogP) is 2.71. The third-order valence-electron chi connectivity index (χ3n) is 2.59. The molecule has 6 heteroatoms. The second kappa shape index (κ2) is 7.26. The normalized spacial score (nSPS) is 13.3. The first-order valence-corrected chi connectivity index (χ1v) is 8.78. The van der Waals surface area contributed by atoms with Gasteiger partial charge in [-0.15, -0.1) is 0 Å². The van der Waals surface area contributed by atoms with Gasteiger partial charge in [-0.1, -0.05) is 28.9 Å². The van der Waals surface area contributed by atoms with Gasteiger partial charge in [0, 0.05) is 10.0 Å². The van der Waals surface area contributed by atoms with Crippen LogP contribution >= 0.6 is 15.9 Å². The summed E-state index contributed by atoms with van der Waals surface area (Å²) in [6.07, 6.45) is -0.0478. The molecular weight excluding hydrogens is 332 g/mol. The number of hydrogen-bond donors (Lipinski definition) is 1. The van der Waals surface area contributed by atoms with Crippen LogP contribution in [0.25, 0.3) is 0 Å². The highest BCUT2D eigenvalue weighted by Gasteiger charge is 2.13. The fraction of sp³-hybridized carbons (Fsp3) is 0.538. The van der Waals surface area contributed by atoms with Crippen LogP contribution in [0, 0.1) is 0 Å². The maximum absolute atomic E-state index is 11.6. The molecular formula is C13H19BrO4S. The lowest BCUT2D eigenvalue weighted by molar-refractivity contribution is 0.192. The summed E-state index contributed by atoms with van der Waals surface area (Å²) >= 11 is 3.32. The van der Waals surface area contributed by atoms with Gasteiger partial charge in [0.15, 0.2) is 9.84 Å². The third-order valence-corrected chi connectivity index (χ3v) is 4.90. The average molecular weight is 351 g/mol. The molecule has 0 spiro atoms. The number of rotatable bonds is 7. The van der Waals surface area contributed by atoms with E-state index in [1.54, 1.807) is 19.1 Å². The largest absolute Gasteiger partial charge is 0.492 e. The molecule has 0 fully saturated rings. The summed E-state index contributed by atoms with van der Waals surface area (Å²) in [5, 5.41) is 9.63. The molecule has 0 heterocycles. The first kappa shape index (κ1) is 16.5. The van der Waals surface area contributed by atoms with Crippen LogP contribution in [0.2, 0.25) is 0 Å². The number of sulfone groups is 1. The molecule has 0 aliphatic rings. The van der Waals surface area contributed by atoms with Gasteiger partial charge in [0.1, 0.15) is 12.4 Å². The van der Waals surface area contributed by atoms with Gasteiger partial charge >= 0.3 is 0 Å². The number of ether oxygens (including phenoxy) is 1. The van der Waals surface area contributed by atoms with Crippen LogP contribution in [0.5, 0.6) is 5.75 Å². The Bertz CT molecular complexity index is 511. The third kappa shape index (κ3) is 5.50. The van der Waals surface area contributed by atoms with E-state index in [4.69, 9.17) is 4.74 Å². The van der Waals surface area contributed by atoms with E-state index in [0.717, 1.165) is 4.47 Å². The van der Waals surface area contributed by atoms with Gasteiger partial charge in [0.25, 0.3) is 0 Å². The summed E-state index contributed by atoms with van der Waals surface area (Å²) in [6.45, 7) is 3.57. The van der Waals surface area contributed by atoms with E-state index < -0.39 is 15.9 Å². The van der Waals surface area contributed by atoms with Gasteiger partial charge in [-0.05, 0) is 25.5 Å². The number of benzene rings is 1. The van der Waals surface area contributed by atoms with E-state index in [1.165, 1.54) is 0 Å². The Hall–Kier alpha value is -0.590. The molecule has 0 saturated heterocycles. The molecule has 0 aliphatic carbocycles. The maximum Gasteiger partial charge on any atom is 0.153 e. The fourth-order valence-electron chi connectivity index (χ4n) is 1.67. The summed E-state index contributed by atoms with van der Waals surface area (Å²) < 4.78 is 29.5. The molecule has 0 aliphatic heterocycles. The van der Waals surface area contributed by atoms with Crippen LogP contribution in [0.15, 0.2) is 22.7 Å². The molecule has 1 aromatic rings. The molecule has 0 amide bonds. The number of halogens is 1. The van der Waals surface area contributed by atoms with E-state index in [2.05, 4.69) is 15.9 Å². The highest BCUT2D eigenvalue weighted by molar-refractivity contribution is 9.10. The van der Waals surface area contributed by atoms with Crippen LogP contribution < -0.4 is 4.74 Å². The minimum atomic E-state index is -3.04. The predicted molar refractivity (Wildman–Crippen MR) is 79.2 cm³/mol. The summed E-state index contributed by atoms with van der Waals surface area (Å²) in [6, 6.07) is 5.29. The Morgan fingerprint density at radius 2 is 2.05 bits per heavy atom. The van der Waals surface area contributed by atoms with Gasteiger partial charge in [0.2, 0.25) is 0 Å². The van der Waals surface area contributed by atoms with Crippen molar-refractivity contribution in [3.8, 4) is 5.75 Å². The maximum atomic E-state index is 11.6. The summed E-state index contributed by atoms with van der Waals surface area (Å²) in [5.41, 5.74) is 0.649. The molecule has 108 valence electrons. The molecule has 19 heavy (non-hydrogen) atoms. The van der Waals surface area contributed by atoms with Gasteiger partial charge in [-0.25, -0.2) is 8.42 Å². The minimum Gasteiger partial charge on any atom is -0.492 e. The Labute approximate surface area is 122 Å². The highest BCUT2D eigenvalue weighted by atomic mass is 79.9. The Kier molecular flexibility index (Phi) is 6.29. The Morgan fingerprint density at radius 1 is 1.37 bits per heavy atom. The zero-order valence-corrected chi connectivity index (χ0v) is 13.5. The lowest BCUT2D eigenvalue weighted by Crippen LogP contribution is -2.17. The van der Waals surface area contributed by atoms with E-state index in [0.29, 0.717) is 17.7 Å². The molecule has 1 atom stereocenters. The first-order valence-electron chi connectivity index (χ1n) is 6.16. The summed E-state index contributed by atoms with van der Waals surface area (Å²) in [5.74, 6) is 0.682. The first-order chi connectivity index (χ1) is 8.85. The van der Waals surface area contributed by atoms with Gasteiger partial charge < -0.3 is 9.84 Å². The molecule has 0 unspecified atom stereocenters. The molecule has 0 bridgehead atoms. The fourth-order valence-corrected chi connectivity index (χ4v) is 3.17. The van der Waals surface area contributed by atoms with Crippen molar-refractivity contribution in [2.24, 2.45) is 0 Å². The lowest BCUT2D eigenvalue weighted by atomic mass is 10.1. The average Bonchev–Trinajstić information content (AvgIpc) is 2.28. The quantitative estimate of drug-likeness (QED) is 0.820. The smallest absolute Gasteiger partial charge is 0.153 e. The van der Waals surface area contributed by atoms with E-state index in [1.807, 2.05) is 13.0 Å². The van der Waals surface area contributed by atoms with E-state index >= 15 is 0 Å². The van der Waals surface area contributed by atoms with Crippen LogP contribution in [0.4, 0.5) is 0 Å². The van der Waals surface area contributed by atoms with Crippen molar-refractivity contribution in [1.29, 1.82) is 0 Å². The van der Waals surface area contributed by atoms with Gasteiger partial charge in [-0.2, -0.15) is 0 Å². The van der Waals surface area contributed by atoms with Gasteiger partial charge in [0.05, 0.1) is 17.6 Å². The molecule has 0 radical (unpaired) electrons. The van der Waals surface area contributed by atoms with Crippen molar-refractivity contribution in [3.05, 3.63) is 28.2 Å². The van der Waals surface area contributed by atoms with Crippen LogP contribution in [-0.4, -0.2) is 31.6 Å². The van der Waals surface area contributed by atoms with Crippen LogP contribution in [0.3, 0.4) is 0 Å². The summed E-state index contributed by atoms with van der Waals surface area (Å²) in [4.78, 5) is 0. The van der Waals surface area contributed by atoms with Crippen molar-refractivity contribution in [2.75, 3.05) is 18.1 Å². The molecule has 0 saturated carbocycles. The van der Waals surface area contributed by atoms with Crippen molar-refractivity contribution in [2.45, 2.75) is 26.4 Å². The second-order valence-electron chi connectivity index (χ2n) is 4.36. The van der Waals surface area contributed by atoms with E-state index in [-0.39, 0.29) is 18.1 Å². The molecule has 1 rings (SSSR count). The zero-order chi connectivity index (χ0) is 14.5. The SMILES string of the molecule is CCCS(=O)(=O)CCOc1cc(Br)ccc1[C@H](C)O. The molecule has 1 N–H and O–H groups in total. The standard InChI is InChI=1S/C13H19BrO4S/c1-3-7-19(16,17)8-6-18-13-9-11(14)4-5-12(13)10(2)15/h4-5,9-10,15H,3,6-8H2,1-2H3/t10-/m0/s1. The van der Waals surface area contributed by atoms with Crippen molar-refractivity contribution in [1.82, 2.24) is 0 Å². The van der Waals surface area contributed by atoms with Crippen LogP contribution in [-0.2, 0) is 9.84 Å². The van der Waals surface area contributed by atoms with Crippen molar-refractivity contribution >= 4 is 25.8 Å². The topological polar surface area (TPSA) is 63.6 Å². The molecule has 1 aromatic carbocycles. The van der Waals surface area contributed by atoms with E-state index in [9.17, 15) is 13.5 Å². The number of aliphatic hydroxyl groups is 1. The second-order valence-corrected chi connectivity index (χ2v) is 7.58. The highest BCUT2D eigenvalue weighted by Crippen LogP contribution is 2.28. The molecule has 4 nitrogen and oxygen atoms in total. The number of aliphatic hydroxyl groups excluding tert-OH is 1.